The number of carbonyl (C=O) groups is 1. The molecule has 0 bridgehead atoms. The van der Waals surface area contributed by atoms with Gasteiger partial charge in [-0.1, -0.05) is 39.5 Å². The first-order valence-corrected chi connectivity index (χ1v) is 9.58. The van der Waals surface area contributed by atoms with Crippen LogP contribution in [0.15, 0.2) is 0 Å². The van der Waals surface area contributed by atoms with Gasteiger partial charge < -0.3 is 10.1 Å². The molecule has 3 fully saturated rings. The average molecular weight is 307 g/mol. The second-order valence-electron chi connectivity index (χ2n) is 8.21. The van der Waals surface area contributed by atoms with Gasteiger partial charge in [0.05, 0.1) is 12.2 Å². The molecule has 1 heterocycles. The molecule has 3 nitrogen and oxygen atoms in total. The van der Waals surface area contributed by atoms with E-state index in [1.54, 1.807) is 0 Å². The van der Waals surface area contributed by atoms with E-state index in [0.717, 1.165) is 12.3 Å². The number of ether oxygens (including phenoxy) is 1. The first-order valence-electron chi connectivity index (χ1n) is 9.58. The first kappa shape index (κ1) is 16.3. The Balaban J connectivity index is 1.62. The Morgan fingerprint density at radius 2 is 1.82 bits per heavy atom. The maximum Gasteiger partial charge on any atom is 0.220 e. The van der Waals surface area contributed by atoms with Crippen LogP contribution in [0.3, 0.4) is 0 Å². The quantitative estimate of drug-likeness (QED) is 0.850. The normalized spacial score (nSPS) is 36.3. The molecule has 1 aliphatic heterocycles. The lowest BCUT2D eigenvalue weighted by Gasteiger charge is -2.43. The Morgan fingerprint density at radius 3 is 2.55 bits per heavy atom. The van der Waals surface area contributed by atoms with Crippen molar-refractivity contribution in [2.24, 2.45) is 17.8 Å². The van der Waals surface area contributed by atoms with Gasteiger partial charge in [-0.25, -0.2) is 0 Å². The summed E-state index contributed by atoms with van der Waals surface area (Å²) in [5.74, 6) is 1.99. The highest BCUT2D eigenvalue weighted by atomic mass is 16.5. The Morgan fingerprint density at radius 1 is 1.05 bits per heavy atom. The summed E-state index contributed by atoms with van der Waals surface area (Å²) in [5.41, 5.74) is 0. The molecule has 1 amide bonds. The molecule has 2 aliphatic carbocycles. The highest BCUT2D eigenvalue weighted by Gasteiger charge is 2.43. The summed E-state index contributed by atoms with van der Waals surface area (Å²) < 4.78 is 6.49. The summed E-state index contributed by atoms with van der Waals surface area (Å²) in [6.07, 6.45) is 13.0. The topological polar surface area (TPSA) is 38.3 Å². The summed E-state index contributed by atoms with van der Waals surface area (Å²) >= 11 is 0. The Hall–Kier alpha value is -0.570. The highest BCUT2D eigenvalue weighted by Crippen LogP contribution is 2.42. The molecular formula is C19H33NO2. The molecule has 0 aromatic carbocycles. The molecular weight excluding hydrogens is 274 g/mol. The zero-order valence-corrected chi connectivity index (χ0v) is 14.4. The number of hydrogen-bond donors (Lipinski definition) is 1. The van der Waals surface area contributed by atoms with Crippen molar-refractivity contribution in [1.29, 1.82) is 0 Å². The van der Waals surface area contributed by atoms with Crippen LogP contribution in [0, 0.1) is 17.8 Å². The van der Waals surface area contributed by atoms with Crippen LogP contribution in [0.2, 0.25) is 0 Å². The zero-order valence-electron chi connectivity index (χ0n) is 14.4. The highest BCUT2D eigenvalue weighted by molar-refractivity contribution is 5.76. The predicted octanol–water partition coefficient (Wildman–Crippen LogP) is 4.06. The molecule has 0 aromatic rings. The molecule has 3 rings (SSSR count). The van der Waals surface area contributed by atoms with Crippen LogP contribution >= 0.6 is 0 Å². The number of carbonyl (C=O) groups excluding carboxylic acids is 1. The number of hydrogen-bond acceptors (Lipinski definition) is 2. The summed E-state index contributed by atoms with van der Waals surface area (Å²) in [6.45, 7) is 4.24. The van der Waals surface area contributed by atoms with E-state index >= 15 is 0 Å². The van der Waals surface area contributed by atoms with Crippen molar-refractivity contribution in [1.82, 2.24) is 5.32 Å². The van der Waals surface area contributed by atoms with Crippen LogP contribution in [-0.2, 0) is 9.53 Å². The van der Waals surface area contributed by atoms with Crippen LogP contribution in [0.1, 0.15) is 78.1 Å². The Labute approximate surface area is 135 Å². The lowest BCUT2D eigenvalue weighted by Crippen LogP contribution is -2.52. The largest absolute Gasteiger partial charge is 0.374 e. The van der Waals surface area contributed by atoms with E-state index in [0.29, 0.717) is 36.5 Å². The van der Waals surface area contributed by atoms with E-state index in [4.69, 9.17) is 4.74 Å². The molecule has 0 aromatic heterocycles. The maximum atomic E-state index is 12.2. The fourth-order valence-corrected chi connectivity index (χ4v) is 4.90. The van der Waals surface area contributed by atoms with Crippen LogP contribution in [0.5, 0.6) is 0 Å². The second kappa shape index (κ2) is 7.33. The molecule has 1 N–H and O–H groups in total. The molecule has 3 heteroatoms. The number of amides is 1. The fraction of sp³-hybridized carbons (Fsp3) is 0.947. The van der Waals surface area contributed by atoms with E-state index in [1.165, 1.54) is 51.4 Å². The molecule has 0 spiro atoms. The van der Waals surface area contributed by atoms with Gasteiger partial charge >= 0.3 is 0 Å². The molecule has 22 heavy (non-hydrogen) atoms. The molecule has 2 saturated carbocycles. The third kappa shape index (κ3) is 3.84. The number of rotatable bonds is 4. The predicted molar refractivity (Wildman–Crippen MR) is 88.6 cm³/mol. The van der Waals surface area contributed by atoms with Crippen molar-refractivity contribution in [3.8, 4) is 0 Å². The van der Waals surface area contributed by atoms with E-state index in [-0.39, 0.29) is 5.91 Å². The Bertz CT molecular complexity index is 376. The minimum absolute atomic E-state index is 0.245. The summed E-state index contributed by atoms with van der Waals surface area (Å²) in [4.78, 5) is 12.2. The van der Waals surface area contributed by atoms with Crippen molar-refractivity contribution in [3.63, 3.8) is 0 Å². The second-order valence-corrected chi connectivity index (χ2v) is 8.21. The van der Waals surface area contributed by atoms with E-state index in [1.807, 2.05) is 0 Å². The van der Waals surface area contributed by atoms with Crippen LogP contribution in [0.4, 0.5) is 0 Å². The minimum atomic E-state index is 0.245. The number of nitrogens with one attached hydrogen (secondary N) is 1. The third-order valence-electron chi connectivity index (χ3n) is 5.97. The molecule has 1 saturated heterocycles. The number of fused-ring (bicyclic) bond motifs is 1. The summed E-state index contributed by atoms with van der Waals surface area (Å²) in [6, 6.07) is 0.361. The smallest absolute Gasteiger partial charge is 0.220 e. The van der Waals surface area contributed by atoms with Crippen molar-refractivity contribution < 1.29 is 9.53 Å². The van der Waals surface area contributed by atoms with Gasteiger partial charge in [-0.3, -0.25) is 4.79 Å². The van der Waals surface area contributed by atoms with Crippen LogP contribution in [-0.4, -0.2) is 24.2 Å². The van der Waals surface area contributed by atoms with Gasteiger partial charge in [0.25, 0.3) is 0 Å². The van der Waals surface area contributed by atoms with E-state index < -0.39 is 0 Å². The van der Waals surface area contributed by atoms with Crippen LogP contribution < -0.4 is 5.32 Å². The molecule has 0 radical (unpaired) electrons. The van der Waals surface area contributed by atoms with Crippen molar-refractivity contribution in [2.75, 3.05) is 0 Å². The van der Waals surface area contributed by atoms with Gasteiger partial charge in [-0.2, -0.15) is 0 Å². The monoisotopic (exact) mass is 307 g/mol. The lowest BCUT2D eigenvalue weighted by atomic mass is 9.78. The SMILES string of the molecule is CC(C)CC(=O)N[C@@H]1C[C@H](C2CCCCC2)O[C@@H]2CCC[C@@H]12. The molecule has 3 aliphatic rings. The van der Waals surface area contributed by atoms with E-state index in [9.17, 15) is 4.79 Å². The molecule has 0 unspecified atom stereocenters. The standard InChI is InChI=1S/C19H33NO2/c1-13(2)11-19(21)20-16-12-18(14-7-4-3-5-8-14)22-17-10-6-9-15(16)17/h13-18H,3-12H2,1-2H3,(H,20,21)/t15-,16+,17+,18+/m0/s1. The molecule has 4 atom stereocenters. The first-order chi connectivity index (χ1) is 10.6. The van der Waals surface area contributed by atoms with Gasteiger partial charge in [0.15, 0.2) is 0 Å². The van der Waals surface area contributed by atoms with Gasteiger partial charge in [0.2, 0.25) is 5.91 Å². The van der Waals surface area contributed by atoms with Crippen molar-refractivity contribution in [2.45, 2.75) is 96.3 Å². The van der Waals surface area contributed by atoms with Gasteiger partial charge in [-0.15, -0.1) is 0 Å². The summed E-state index contributed by atoms with van der Waals surface area (Å²) in [5, 5.41) is 3.37. The molecule has 126 valence electrons. The maximum absolute atomic E-state index is 12.2. The third-order valence-corrected chi connectivity index (χ3v) is 5.97. The zero-order chi connectivity index (χ0) is 15.5. The lowest BCUT2D eigenvalue weighted by molar-refractivity contribution is -0.131. The van der Waals surface area contributed by atoms with Gasteiger partial charge in [-0.05, 0) is 43.9 Å². The Kier molecular flexibility index (Phi) is 5.43. The summed E-state index contributed by atoms with van der Waals surface area (Å²) in [7, 11) is 0. The van der Waals surface area contributed by atoms with E-state index in [2.05, 4.69) is 19.2 Å². The van der Waals surface area contributed by atoms with Gasteiger partial charge in [0.1, 0.15) is 0 Å². The van der Waals surface area contributed by atoms with Crippen molar-refractivity contribution in [3.05, 3.63) is 0 Å². The fourth-order valence-electron chi connectivity index (χ4n) is 4.90. The van der Waals surface area contributed by atoms with Gasteiger partial charge in [0, 0.05) is 18.4 Å². The van der Waals surface area contributed by atoms with Crippen LogP contribution in [0.25, 0.3) is 0 Å². The van der Waals surface area contributed by atoms with Crippen molar-refractivity contribution >= 4 is 5.91 Å². The minimum Gasteiger partial charge on any atom is -0.374 e. The average Bonchev–Trinajstić information content (AvgIpc) is 2.96.